The zero-order valence-corrected chi connectivity index (χ0v) is 13.2. The van der Waals surface area contributed by atoms with E-state index in [1.165, 1.54) is 77.8 Å². The summed E-state index contributed by atoms with van der Waals surface area (Å²) in [6.45, 7) is 8.43. The molecule has 0 amide bonds. The van der Waals surface area contributed by atoms with E-state index in [-0.39, 0.29) is 5.54 Å². The molecule has 20 heavy (non-hydrogen) atoms. The smallest absolute Gasteiger partial charge is 0.0356 e. The van der Waals surface area contributed by atoms with E-state index in [1.54, 1.807) is 0 Å². The average Bonchev–Trinajstić information content (AvgIpc) is 3.14. The van der Waals surface area contributed by atoms with Crippen molar-refractivity contribution in [3.8, 4) is 0 Å². The first-order valence-electron chi connectivity index (χ1n) is 8.61. The van der Waals surface area contributed by atoms with E-state index in [9.17, 15) is 0 Å². The van der Waals surface area contributed by atoms with E-state index in [2.05, 4.69) is 21.7 Å². The number of fused-ring (bicyclic) bond motifs is 1. The van der Waals surface area contributed by atoms with Crippen molar-refractivity contribution in [1.29, 1.82) is 0 Å². The third kappa shape index (κ3) is 2.89. The summed E-state index contributed by atoms with van der Waals surface area (Å²) in [6, 6.07) is 0.807. The molecule has 0 aliphatic carbocycles. The van der Waals surface area contributed by atoms with Gasteiger partial charge in [0.1, 0.15) is 0 Å². The Balaban J connectivity index is 1.56. The number of likely N-dealkylation sites (N-methyl/N-ethyl adjacent to an activating group) is 1. The number of likely N-dealkylation sites (tertiary alicyclic amines) is 1. The zero-order chi connectivity index (χ0) is 14.0. The predicted octanol–water partition coefficient (Wildman–Crippen LogP) is 0.970. The number of nitrogens with zero attached hydrogens (tertiary/aromatic N) is 3. The molecule has 4 heteroatoms. The molecule has 0 aromatic rings. The van der Waals surface area contributed by atoms with Crippen molar-refractivity contribution in [3.05, 3.63) is 0 Å². The Morgan fingerprint density at radius 1 is 1.15 bits per heavy atom. The first-order valence-corrected chi connectivity index (χ1v) is 8.61. The van der Waals surface area contributed by atoms with E-state index in [4.69, 9.17) is 5.73 Å². The quantitative estimate of drug-likeness (QED) is 0.814. The van der Waals surface area contributed by atoms with Crippen LogP contribution in [-0.4, -0.2) is 79.1 Å². The molecule has 3 fully saturated rings. The van der Waals surface area contributed by atoms with Gasteiger partial charge in [0.2, 0.25) is 0 Å². The van der Waals surface area contributed by atoms with Gasteiger partial charge < -0.3 is 15.5 Å². The van der Waals surface area contributed by atoms with E-state index in [1.807, 2.05) is 0 Å². The Hall–Kier alpha value is -0.160. The van der Waals surface area contributed by atoms with Gasteiger partial charge in [-0.3, -0.25) is 4.90 Å². The van der Waals surface area contributed by atoms with Crippen LogP contribution in [0.15, 0.2) is 0 Å². The van der Waals surface area contributed by atoms with Gasteiger partial charge in [0.05, 0.1) is 0 Å². The number of piperidine rings is 1. The highest BCUT2D eigenvalue weighted by molar-refractivity contribution is 5.01. The Morgan fingerprint density at radius 2 is 1.95 bits per heavy atom. The summed E-state index contributed by atoms with van der Waals surface area (Å²) in [7, 11) is 2.31. The second-order valence-electron chi connectivity index (χ2n) is 7.18. The van der Waals surface area contributed by atoms with Crippen LogP contribution in [0.3, 0.4) is 0 Å². The van der Waals surface area contributed by atoms with Gasteiger partial charge in [-0.1, -0.05) is 0 Å². The Bertz CT molecular complexity index is 316. The lowest BCUT2D eigenvalue weighted by molar-refractivity contribution is 0.0227. The maximum atomic E-state index is 6.23. The minimum absolute atomic E-state index is 0.269. The predicted molar refractivity (Wildman–Crippen MR) is 83.9 cm³/mol. The van der Waals surface area contributed by atoms with Crippen molar-refractivity contribution in [2.75, 3.05) is 52.9 Å². The molecule has 0 aromatic carbocycles. The second kappa shape index (κ2) is 6.30. The monoisotopic (exact) mass is 280 g/mol. The number of hydrogen-bond acceptors (Lipinski definition) is 4. The lowest BCUT2D eigenvalue weighted by Gasteiger charge is -2.49. The standard InChI is InChI=1S/C16H32N4/c1-18(11-12-19-7-2-3-8-19)16(14-17)6-10-20-9-4-5-15(20)13-16/h15H,2-14,17H2,1H3. The molecule has 4 nitrogen and oxygen atoms in total. The molecule has 0 spiro atoms. The van der Waals surface area contributed by atoms with Crippen molar-refractivity contribution < 1.29 is 0 Å². The fourth-order valence-corrected chi connectivity index (χ4v) is 4.54. The molecule has 0 radical (unpaired) electrons. The van der Waals surface area contributed by atoms with Gasteiger partial charge in [-0.25, -0.2) is 0 Å². The molecule has 2 atom stereocenters. The van der Waals surface area contributed by atoms with Crippen molar-refractivity contribution >= 4 is 0 Å². The SMILES string of the molecule is CN(CCN1CCCC1)C1(CN)CCN2CCCC2C1. The summed E-state index contributed by atoms with van der Waals surface area (Å²) >= 11 is 0. The number of rotatable bonds is 5. The van der Waals surface area contributed by atoms with Gasteiger partial charge in [-0.05, 0) is 65.2 Å². The van der Waals surface area contributed by atoms with Crippen LogP contribution < -0.4 is 5.73 Å². The fraction of sp³-hybridized carbons (Fsp3) is 1.00. The summed E-state index contributed by atoms with van der Waals surface area (Å²) in [5, 5.41) is 0. The first-order chi connectivity index (χ1) is 9.73. The number of hydrogen-bond donors (Lipinski definition) is 1. The molecule has 3 heterocycles. The minimum atomic E-state index is 0.269. The Labute approximate surface area is 124 Å². The normalized spacial score (nSPS) is 35.9. The van der Waals surface area contributed by atoms with Crippen molar-refractivity contribution in [2.45, 2.75) is 50.1 Å². The van der Waals surface area contributed by atoms with Gasteiger partial charge >= 0.3 is 0 Å². The highest BCUT2D eigenvalue weighted by Crippen LogP contribution is 2.35. The Morgan fingerprint density at radius 3 is 2.70 bits per heavy atom. The van der Waals surface area contributed by atoms with E-state index < -0.39 is 0 Å². The van der Waals surface area contributed by atoms with Gasteiger partial charge in [0.15, 0.2) is 0 Å². The summed E-state index contributed by atoms with van der Waals surface area (Å²) in [6.07, 6.45) is 8.12. The molecule has 0 aromatic heterocycles. The summed E-state index contributed by atoms with van der Waals surface area (Å²) in [5.74, 6) is 0. The van der Waals surface area contributed by atoms with Gasteiger partial charge in [0, 0.05) is 37.8 Å². The van der Waals surface area contributed by atoms with Crippen molar-refractivity contribution in [3.63, 3.8) is 0 Å². The minimum Gasteiger partial charge on any atom is -0.329 e. The third-order valence-corrected chi connectivity index (χ3v) is 6.12. The van der Waals surface area contributed by atoms with Crippen LogP contribution in [-0.2, 0) is 0 Å². The van der Waals surface area contributed by atoms with Crippen molar-refractivity contribution in [1.82, 2.24) is 14.7 Å². The molecule has 3 aliphatic heterocycles. The summed E-state index contributed by atoms with van der Waals surface area (Å²) in [4.78, 5) is 7.91. The highest BCUT2D eigenvalue weighted by Gasteiger charge is 2.42. The van der Waals surface area contributed by atoms with E-state index in [0.717, 1.165) is 12.6 Å². The maximum absolute atomic E-state index is 6.23. The Kier molecular flexibility index (Phi) is 4.65. The molecule has 2 unspecified atom stereocenters. The molecule has 3 rings (SSSR count). The number of nitrogens with two attached hydrogens (primary N) is 1. The molecule has 2 N–H and O–H groups in total. The van der Waals surface area contributed by atoms with Crippen LogP contribution in [0.25, 0.3) is 0 Å². The molecule has 3 aliphatic rings. The second-order valence-corrected chi connectivity index (χ2v) is 7.18. The van der Waals surface area contributed by atoms with Crippen LogP contribution in [0.4, 0.5) is 0 Å². The van der Waals surface area contributed by atoms with Gasteiger partial charge in [-0.2, -0.15) is 0 Å². The van der Waals surface area contributed by atoms with E-state index in [0.29, 0.717) is 0 Å². The fourth-order valence-electron chi connectivity index (χ4n) is 4.54. The zero-order valence-electron chi connectivity index (χ0n) is 13.2. The highest BCUT2D eigenvalue weighted by atomic mass is 15.3. The average molecular weight is 280 g/mol. The molecular formula is C16H32N4. The molecular weight excluding hydrogens is 248 g/mol. The largest absolute Gasteiger partial charge is 0.329 e. The van der Waals surface area contributed by atoms with Crippen molar-refractivity contribution in [2.24, 2.45) is 5.73 Å². The molecule has 116 valence electrons. The lowest BCUT2D eigenvalue weighted by atomic mass is 9.82. The van der Waals surface area contributed by atoms with Gasteiger partial charge in [0.25, 0.3) is 0 Å². The van der Waals surface area contributed by atoms with Crippen LogP contribution in [0.1, 0.15) is 38.5 Å². The first kappa shape index (κ1) is 14.8. The van der Waals surface area contributed by atoms with Crippen LogP contribution in [0, 0.1) is 0 Å². The summed E-state index contributed by atoms with van der Waals surface area (Å²) in [5.41, 5.74) is 6.50. The van der Waals surface area contributed by atoms with Crippen LogP contribution in [0.5, 0.6) is 0 Å². The van der Waals surface area contributed by atoms with Gasteiger partial charge in [-0.15, -0.1) is 0 Å². The molecule has 0 bridgehead atoms. The topological polar surface area (TPSA) is 35.7 Å². The maximum Gasteiger partial charge on any atom is 0.0356 e. The third-order valence-electron chi connectivity index (χ3n) is 6.12. The lowest BCUT2D eigenvalue weighted by Crippen LogP contribution is -2.60. The van der Waals surface area contributed by atoms with Crippen LogP contribution in [0.2, 0.25) is 0 Å². The molecule has 0 saturated carbocycles. The van der Waals surface area contributed by atoms with Crippen LogP contribution >= 0.6 is 0 Å². The molecule has 3 saturated heterocycles. The summed E-state index contributed by atoms with van der Waals surface area (Å²) < 4.78 is 0. The van der Waals surface area contributed by atoms with E-state index >= 15 is 0 Å².